The van der Waals surface area contributed by atoms with Crippen LogP contribution in [0.25, 0.3) is 0 Å². The van der Waals surface area contributed by atoms with Crippen molar-refractivity contribution in [2.45, 2.75) is 26.7 Å². The van der Waals surface area contributed by atoms with Crippen molar-refractivity contribution in [3.05, 3.63) is 62.4 Å². The molecule has 0 aromatic heterocycles. The molecule has 0 unspecified atom stereocenters. The van der Waals surface area contributed by atoms with Gasteiger partial charge in [0.2, 0.25) is 0 Å². The van der Waals surface area contributed by atoms with E-state index in [1.165, 1.54) is 6.92 Å². The van der Waals surface area contributed by atoms with E-state index in [-0.39, 0.29) is 5.56 Å². The average molecular weight is 342 g/mol. The van der Waals surface area contributed by atoms with Gasteiger partial charge in [0.1, 0.15) is 11.6 Å². The third-order valence-corrected chi connectivity index (χ3v) is 3.29. The molecule has 2 aromatic rings. The summed E-state index contributed by atoms with van der Waals surface area (Å²) in [6, 6.07) is 6.81. The molecular formula is C16H17ClFNO4. The van der Waals surface area contributed by atoms with Crippen LogP contribution in [0.1, 0.15) is 30.9 Å². The van der Waals surface area contributed by atoms with Crippen LogP contribution < -0.4 is 0 Å². The van der Waals surface area contributed by atoms with Gasteiger partial charge in [0.25, 0.3) is 0 Å². The predicted molar refractivity (Wildman–Crippen MR) is 86.7 cm³/mol. The number of rotatable bonds is 2. The van der Waals surface area contributed by atoms with Crippen LogP contribution in [-0.4, -0.2) is 15.1 Å². The lowest BCUT2D eigenvalue weighted by Crippen LogP contribution is -1.91. The molecule has 23 heavy (non-hydrogen) atoms. The van der Waals surface area contributed by atoms with Crippen molar-refractivity contribution in [1.82, 2.24) is 0 Å². The lowest BCUT2D eigenvalue weighted by atomic mass is 10.0. The molecule has 0 fully saturated rings. The number of aromatic hydroxyl groups is 2. The van der Waals surface area contributed by atoms with Crippen LogP contribution in [0.3, 0.4) is 0 Å². The van der Waals surface area contributed by atoms with Crippen LogP contribution in [0, 0.1) is 22.9 Å². The van der Waals surface area contributed by atoms with Gasteiger partial charge in [-0.15, -0.1) is 0 Å². The van der Waals surface area contributed by atoms with Crippen LogP contribution in [0.2, 0.25) is 5.02 Å². The first kappa shape index (κ1) is 18.7. The summed E-state index contributed by atoms with van der Waals surface area (Å²) in [6.07, 6.45) is 0. The molecule has 0 saturated carbocycles. The number of phenolic OH excluding ortho intramolecular Hbond substituents is 2. The molecule has 124 valence electrons. The van der Waals surface area contributed by atoms with Gasteiger partial charge < -0.3 is 10.2 Å². The summed E-state index contributed by atoms with van der Waals surface area (Å²) in [5, 5.41) is 29.3. The zero-order valence-electron chi connectivity index (χ0n) is 12.9. The number of benzene rings is 2. The predicted octanol–water partition coefficient (Wildman–Crippen LogP) is 4.92. The Morgan fingerprint density at radius 3 is 2.30 bits per heavy atom. The summed E-state index contributed by atoms with van der Waals surface area (Å²) in [5.41, 5.74) is 0.451. The Bertz CT molecular complexity index is 719. The number of halogens is 2. The molecular weight excluding hydrogens is 325 g/mol. The van der Waals surface area contributed by atoms with E-state index in [0.29, 0.717) is 22.8 Å². The van der Waals surface area contributed by atoms with Crippen molar-refractivity contribution >= 4 is 17.3 Å². The van der Waals surface area contributed by atoms with E-state index >= 15 is 0 Å². The Morgan fingerprint density at radius 2 is 1.83 bits per heavy atom. The fourth-order valence-electron chi connectivity index (χ4n) is 1.84. The summed E-state index contributed by atoms with van der Waals surface area (Å²) < 4.78 is 12.6. The lowest BCUT2D eigenvalue weighted by molar-refractivity contribution is -0.386. The van der Waals surface area contributed by atoms with E-state index in [4.69, 9.17) is 16.7 Å². The second-order valence-corrected chi connectivity index (χ2v) is 5.64. The Hall–Kier alpha value is -2.34. The van der Waals surface area contributed by atoms with Gasteiger partial charge >= 0.3 is 5.69 Å². The molecule has 5 nitrogen and oxygen atoms in total. The molecule has 0 atom stereocenters. The number of nitrogens with zero attached hydrogens (tertiary/aromatic N) is 1. The van der Waals surface area contributed by atoms with Crippen LogP contribution in [-0.2, 0) is 0 Å². The molecule has 0 radical (unpaired) electrons. The van der Waals surface area contributed by atoms with Gasteiger partial charge in [-0.25, -0.2) is 4.39 Å². The van der Waals surface area contributed by atoms with Gasteiger partial charge in [0, 0.05) is 10.6 Å². The standard InChI is InChI=1S/C9H11ClO.C7H6FNO3/c1-6(2)8-5-7(10)3-4-9(8)11;1-4-2-5(8)3-6(7(4)10)9(11)12/h3-6,11H,1-2H3;2-3,10H,1H3. The summed E-state index contributed by atoms with van der Waals surface area (Å²) in [5.74, 6) is -0.573. The molecule has 7 heteroatoms. The molecule has 0 aliphatic carbocycles. The smallest absolute Gasteiger partial charge is 0.313 e. The van der Waals surface area contributed by atoms with E-state index in [9.17, 15) is 19.6 Å². The molecule has 2 rings (SSSR count). The SMILES string of the molecule is CC(C)c1cc(Cl)ccc1O.Cc1cc(F)cc([N+](=O)[O-])c1O. The first-order valence-corrected chi connectivity index (χ1v) is 7.13. The van der Waals surface area contributed by atoms with Crippen molar-refractivity contribution in [2.75, 3.05) is 0 Å². The van der Waals surface area contributed by atoms with Crippen molar-refractivity contribution < 1.29 is 19.5 Å². The highest BCUT2D eigenvalue weighted by atomic mass is 35.5. The minimum absolute atomic E-state index is 0.154. The number of hydrogen-bond acceptors (Lipinski definition) is 4. The zero-order chi connectivity index (χ0) is 17.7. The number of phenols is 2. The highest BCUT2D eigenvalue weighted by Crippen LogP contribution is 2.30. The van der Waals surface area contributed by atoms with Gasteiger partial charge in [-0.3, -0.25) is 10.1 Å². The molecule has 0 heterocycles. The first-order chi connectivity index (χ1) is 10.6. The maximum Gasteiger partial charge on any atom is 0.313 e. The first-order valence-electron chi connectivity index (χ1n) is 6.75. The monoisotopic (exact) mass is 341 g/mol. The van der Waals surface area contributed by atoms with E-state index < -0.39 is 22.2 Å². The van der Waals surface area contributed by atoms with E-state index in [0.717, 1.165) is 11.6 Å². The largest absolute Gasteiger partial charge is 0.508 e. The fraction of sp³-hybridized carbons (Fsp3) is 0.250. The van der Waals surface area contributed by atoms with E-state index in [2.05, 4.69) is 0 Å². The van der Waals surface area contributed by atoms with Gasteiger partial charge in [-0.05, 0) is 42.7 Å². The van der Waals surface area contributed by atoms with Crippen molar-refractivity contribution in [3.8, 4) is 11.5 Å². The number of nitro benzene ring substituents is 1. The van der Waals surface area contributed by atoms with E-state index in [1.807, 2.05) is 13.8 Å². The highest BCUT2D eigenvalue weighted by molar-refractivity contribution is 6.30. The molecule has 2 N–H and O–H groups in total. The summed E-state index contributed by atoms with van der Waals surface area (Å²) in [6.45, 7) is 5.43. The molecule has 0 amide bonds. The lowest BCUT2D eigenvalue weighted by Gasteiger charge is -2.07. The van der Waals surface area contributed by atoms with Crippen LogP contribution >= 0.6 is 11.6 Å². The van der Waals surface area contributed by atoms with E-state index in [1.54, 1.807) is 18.2 Å². The number of aryl methyl sites for hydroxylation is 1. The fourth-order valence-corrected chi connectivity index (χ4v) is 2.03. The minimum Gasteiger partial charge on any atom is -0.508 e. The second-order valence-electron chi connectivity index (χ2n) is 5.21. The Morgan fingerprint density at radius 1 is 1.22 bits per heavy atom. The normalized spacial score (nSPS) is 10.2. The third kappa shape index (κ3) is 5.10. The molecule has 2 aromatic carbocycles. The van der Waals surface area contributed by atoms with Gasteiger partial charge in [0.15, 0.2) is 5.75 Å². The maximum absolute atomic E-state index is 12.6. The maximum atomic E-state index is 12.6. The molecule has 0 bridgehead atoms. The van der Waals surface area contributed by atoms with Crippen molar-refractivity contribution in [2.24, 2.45) is 0 Å². The molecule has 0 aliphatic heterocycles. The van der Waals surface area contributed by atoms with Crippen LogP contribution in [0.15, 0.2) is 30.3 Å². The summed E-state index contributed by atoms with van der Waals surface area (Å²) in [7, 11) is 0. The van der Waals surface area contributed by atoms with Crippen molar-refractivity contribution in [1.29, 1.82) is 0 Å². The number of nitro groups is 1. The highest BCUT2D eigenvalue weighted by Gasteiger charge is 2.16. The van der Waals surface area contributed by atoms with Crippen molar-refractivity contribution in [3.63, 3.8) is 0 Å². The Kier molecular flexibility index (Phi) is 6.33. The second kappa shape index (κ2) is 7.78. The van der Waals surface area contributed by atoms with Crippen LogP contribution in [0.5, 0.6) is 11.5 Å². The topological polar surface area (TPSA) is 83.6 Å². The molecule has 0 spiro atoms. The summed E-state index contributed by atoms with van der Waals surface area (Å²) >= 11 is 5.75. The summed E-state index contributed by atoms with van der Waals surface area (Å²) in [4.78, 5) is 9.38. The Balaban J connectivity index is 0.000000231. The molecule has 0 aliphatic rings. The minimum atomic E-state index is -0.828. The number of hydrogen-bond donors (Lipinski definition) is 2. The van der Waals surface area contributed by atoms with Gasteiger partial charge in [-0.2, -0.15) is 0 Å². The molecule has 0 saturated heterocycles. The van der Waals surface area contributed by atoms with Crippen LogP contribution in [0.4, 0.5) is 10.1 Å². The quantitative estimate of drug-likeness (QED) is 0.600. The van der Waals surface area contributed by atoms with Gasteiger partial charge in [-0.1, -0.05) is 25.4 Å². The average Bonchev–Trinajstić information content (AvgIpc) is 2.45. The third-order valence-electron chi connectivity index (χ3n) is 3.05. The zero-order valence-corrected chi connectivity index (χ0v) is 13.6. The van der Waals surface area contributed by atoms with Gasteiger partial charge in [0.05, 0.1) is 11.0 Å². The Labute approximate surface area is 138 Å².